The van der Waals surface area contributed by atoms with Crippen molar-refractivity contribution in [3.8, 4) is 5.75 Å². The zero-order valence-electron chi connectivity index (χ0n) is 14.9. The number of carbonyl (C=O) groups is 2. The summed E-state index contributed by atoms with van der Waals surface area (Å²) in [6.07, 6.45) is 1.09. The smallest absolute Gasteiger partial charge is 0.240 e. The SMILES string of the molecule is CCOc1ccc(N=C2NC(=O)[C@H](CC(=O)NCCC(C)C)S2)cc1. The molecule has 6 nitrogen and oxygen atoms in total. The number of ether oxygens (including phenoxy) is 1. The van der Waals surface area contributed by atoms with Gasteiger partial charge in [-0.25, -0.2) is 4.99 Å². The maximum absolute atomic E-state index is 12.0. The molecule has 0 radical (unpaired) electrons. The first-order chi connectivity index (χ1) is 12.0. The van der Waals surface area contributed by atoms with Crippen LogP contribution in [0.1, 0.15) is 33.6 Å². The van der Waals surface area contributed by atoms with E-state index in [4.69, 9.17) is 4.74 Å². The van der Waals surface area contributed by atoms with Gasteiger partial charge in [-0.15, -0.1) is 0 Å². The van der Waals surface area contributed by atoms with E-state index < -0.39 is 5.25 Å². The van der Waals surface area contributed by atoms with Crippen LogP contribution in [0, 0.1) is 5.92 Å². The fraction of sp³-hybridized carbons (Fsp3) is 0.500. The molecule has 0 saturated carbocycles. The fourth-order valence-electron chi connectivity index (χ4n) is 2.23. The number of amides is 2. The maximum Gasteiger partial charge on any atom is 0.240 e. The van der Waals surface area contributed by atoms with Gasteiger partial charge in [0.25, 0.3) is 0 Å². The highest BCUT2D eigenvalue weighted by molar-refractivity contribution is 8.15. The number of hydrogen-bond donors (Lipinski definition) is 2. The van der Waals surface area contributed by atoms with Gasteiger partial charge >= 0.3 is 0 Å². The van der Waals surface area contributed by atoms with Crippen LogP contribution in [-0.4, -0.2) is 35.4 Å². The van der Waals surface area contributed by atoms with Crippen LogP contribution in [0.15, 0.2) is 29.3 Å². The highest BCUT2D eigenvalue weighted by atomic mass is 32.2. The Morgan fingerprint density at radius 2 is 2.08 bits per heavy atom. The number of rotatable bonds is 8. The van der Waals surface area contributed by atoms with Crippen LogP contribution in [0.3, 0.4) is 0 Å². The number of nitrogens with zero attached hydrogens (tertiary/aromatic N) is 1. The third kappa shape index (κ3) is 6.42. The molecule has 1 aromatic rings. The van der Waals surface area contributed by atoms with Gasteiger partial charge in [0.15, 0.2) is 5.17 Å². The average molecular weight is 363 g/mol. The summed E-state index contributed by atoms with van der Waals surface area (Å²) in [7, 11) is 0. The normalized spacial score (nSPS) is 18.5. The van der Waals surface area contributed by atoms with E-state index >= 15 is 0 Å². The van der Waals surface area contributed by atoms with Crippen LogP contribution in [0.2, 0.25) is 0 Å². The van der Waals surface area contributed by atoms with E-state index in [1.165, 1.54) is 11.8 Å². The zero-order valence-corrected chi connectivity index (χ0v) is 15.7. The Kier molecular flexibility index (Phi) is 7.31. The second-order valence-electron chi connectivity index (χ2n) is 6.18. The molecular weight excluding hydrogens is 338 g/mol. The molecule has 136 valence electrons. The molecule has 1 aliphatic heterocycles. The predicted molar refractivity (Wildman–Crippen MR) is 101 cm³/mol. The van der Waals surface area contributed by atoms with Gasteiger partial charge in [0.2, 0.25) is 11.8 Å². The van der Waals surface area contributed by atoms with Crippen LogP contribution in [-0.2, 0) is 9.59 Å². The van der Waals surface area contributed by atoms with Gasteiger partial charge in [-0.3, -0.25) is 9.59 Å². The Labute approximate surface area is 152 Å². The Morgan fingerprint density at radius 1 is 1.36 bits per heavy atom. The number of hydrogen-bond acceptors (Lipinski definition) is 5. The molecule has 1 aromatic carbocycles. The summed E-state index contributed by atoms with van der Waals surface area (Å²) in [6, 6.07) is 7.33. The fourth-order valence-corrected chi connectivity index (χ4v) is 3.22. The lowest BCUT2D eigenvalue weighted by Crippen LogP contribution is -2.32. The molecule has 2 rings (SSSR count). The quantitative estimate of drug-likeness (QED) is 0.744. The third-order valence-corrected chi connectivity index (χ3v) is 4.65. The second kappa shape index (κ2) is 9.46. The van der Waals surface area contributed by atoms with Crippen molar-refractivity contribution < 1.29 is 14.3 Å². The Morgan fingerprint density at radius 3 is 2.72 bits per heavy atom. The lowest BCUT2D eigenvalue weighted by Gasteiger charge is -2.08. The lowest BCUT2D eigenvalue weighted by atomic mass is 10.1. The molecule has 25 heavy (non-hydrogen) atoms. The Hall–Kier alpha value is -2.02. The molecule has 0 aliphatic carbocycles. The molecule has 1 saturated heterocycles. The number of aliphatic imine (C=N–C) groups is 1. The molecular formula is C18H25N3O3S. The molecule has 2 amide bonds. The molecule has 1 atom stereocenters. The summed E-state index contributed by atoms with van der Waals surface area (Å²) < 4.78 is 5.39. The largest absolute Gasteiger partial charge is 0.494 e. The van der Waals surface area contributed by atoms with Crippen molar-refractivity contribution in [1.82, 2.24) is 10.6 Å². The van der Waals surface area contributed by atoms with E-state index in [-0.39, 0.29) is 18.2 Å². The molecule has 2 N–H and O–H groups in total. The molecule has 0 spiro atoms. The Bertz CT molecular complexity index is 629. The molecule has 0 unspecified atom stereocenters. The van der Waals surface area contributed by atoms with Crippen LogP contribution in [0.5, 0.6) is 5.75 Å². The van der Waals surface area contributed by atoms with Gasteiger partial charge in [0.1, 0.15) is 11.0 Å². The summed E-state index contributed by atoms with van der Waals surface area (Å²) in [5, 5.41) is 5.69. The van der Waals surface area contributed by atoms with Crippen molar-refractivity contribution in [3.05, 3.63) is 24.3 Å². The van der Waals surface area contributed by atoms with Gasteiger partial charge in [0, 0.05) is 13.0 Å². The number of benzene rings is 1. The first-order valence-electron chi connectivity index (χ1n) is 8.53. The van der Waals surface area contributed by atoms with Gasteiger partial charge in [0.05, 0.1) is 12.3 Å². The van der Waals surface area contributed by atoms with Crippen molar-refractivity contribution in [3.63, 3.8) is 0 Å². The lowest BCUT2D eigenvalue weighted by molar-refractivity contribution is -0.125. The van der Waals surface area contributed by atoms with E-state index in [0.29, 0.717) is 24.2 Å². The summed E-state index contributed by atoms with van der Waals surface area (Å²) in [5.74, 6) is 1.05. The first-order valence-corrected chi connectivity index (χ1v) is 9.41. The first kappa shape index (κ1) is 19.3. The van der Waals surface area contributed by atoms with E-state index in [1.54, 1.807) is 0 Å². The number of nitrogens with one attached hydrogen (secondary N) is 2. The standard InChI is InChI=1S/C18H25N3O3S/c1-4-24-14-7-5-13(6-8-14)20-18-21-17(23)15(25-18)11-16(22)19-10-9-12(2)3/h5-8,12,15H,4,9-11H2,1-3H3,(H,19,22)(H,20,21,23)/t15-/m0/s1. The summed E-state index contributed by atoms with van der Waals surface area (Å²) >= 11 is 1.29. The number of amidine groups is 1. The molecule has 7 heteroatoms. The number of thioether (sulfide) groups is 1. The Balaban J connectivity index is 1.87. The van der Waals surface area contributed by atoms with Gasteiger partial charge < -0.3 is 15.4 Å². The highest BCUT2D eigenvalue weighted by Crippen LogP contribution is 2.26. The van der Waals surface area contributed by atoms with Crippen LogP contribution in [0.25, 0.3) is 0 Å². The predicted octanol–water partition coefficient (Wildman–Crippen LogP) is 2.86. The monoisotopic (exact) mass is 363 g/mol. The van der Waals surface area contributed by atoms with E-state index in [2.05, 4.69) is 29.5 Å². The van der Waals surface area contributed by atoms with E-state index in [0.717, 1.165) is 17.9 Å². The number of carbonyl (C=O) groups excluding carboxylic acids is 2. The minimum Gasteiger partial charge on any atom is -0.494 e. The summed E-state index contributed by atoms with van der Waals surface area (Å²) in [4.78, 5) is 28.4. The zero-order chi connectivity index (χ0) is 18.2. The minimum absolute atomic E-state index is 0.101. The maximum atomic E-state index is 12.0. The van der Waals surface area contributed by atoms with Crippen molar-refractivity contribution in [2.24, 2.45) is 10.9 Å². The van der Waals surface area contributed by atoms with E-state index in [1.807, 2.05) is 31.2 Å². The molecule has 1 heterocycles. The van der Waals surface area contributed by atoms with E-state index in [9.17, 15) is 9.59 Å². The van der Waals surface area contributed by atoms with Gasteiger partial charge in [-0.05, 0) is 43.5 Å². The van der Waals surface area contributed by atoms with Crippen LogP contribution >= 0.6 is 11.8 Å². The summed E-state index contributed by atoms with van der Waals surface area (Å²) in [5.41, 5.74) is 0.730. The van der Waals surface area contributed by atoms with Crippen molar-refractivity contribution in [2.45, 2.75) is 38.9 Å². The second-order valence-corrected chi connectivity index (χ2v) is 7.37. The molecule has 1 fully saturated rings. The van der Waals surface area contributed by atoms with Crippen molar-refractivity contribution in [2.75, 3.05) is 13.2 Å². The van der Waals surface area contributed by atoms with Gasteiger partial charge in [-0.1, -0.05) is 25.6 Å². The minimum atomic E-state index is -0.430. The summed E-state index contributed by atoms with van der Waals surface area (Å²) in [6.45, 7) is 7.40. The van der Waals surface area contributed by atoms with Gasteiger partial charge in [-0.2, -0.15) is 0 Å². The van der Waals surface area contributed by atoms with Crippen molar-refractivity contribution in [1.29, 1.82) is 0 Å². The average Bonchev–Trinajstić information content (AvgIpc) is 2.88. The van der Waals surface area contributed by atoms with Crippen LogP contribution < -0.4 is 15.4 Å². The van der Waals surface area contributed by atoms with Crippen LogP contribution in [0.4, 0.5) is 5.69 Å². The third-order valence-electron chi connectivity index (χ3n) is 3.57. The molecule has 0 bridgehead atoms. The van der Waals surface area contributed by atoms with Crippen molar-refractivity contribution >= 4 is 34.4 Å². The highest BCUT2D eigenvalue weighted by Gasteiger charge is 2.32. The topological polar surface area (TPSA) is 79.8 Å². The molecule has 1 aliphatic rings. The molecule has 0 aromatic heterocycles.